The molecule has 0 amide bonds. The number of rotatable bonds is 17. The van der Waals surface area contributed by atoms with Gasteiger partial charge < -0.3 is 4.57 Å². The molecule has 220 valence electrons. The molecule has 0 unspecified atom stereocenters. The second-order valence-electron chi connectivity index (χ2n) is 11.0. The number of benzene rings is 1. The monoisotopic (exact) mass is 604 g/mol. The minimum absolute atomic E-state index is 0.125. The summed E-state index contributed by atoms with van der Waals surface area (Å²) < 4.78 is 2.26. The fourth-order valence-electron chi connectivity index (χ4n) is 5.49. The Labute approximate surface area is 265 Å². The second-order valence-corrected chi connectivity index (χ2v) is 13.0. The van der Waals surface area contributed by atoms with Gasteiger partial charge in [0.15, 0.2) is 0 Å². The maximum Gasteiger partial charge on any atom is 0.148 e. The molecule has 43 heavy (non-hydrogen) atoms. The summed E-state index contributed by atoms with van der Waals surface area (Å²) in [6, 6.07) is 26.9. The van der Waals surface area contributed by atoms with E-state index in [0.717, 1.165) is 28.4 Å². The summed E-state index contributed by atoms with van der Waals surface area (Å²) in [5.74, 6) is 0. The van der Waals surface area contributed by atoms with E-state index < -0.39 is 0 Å². The number of nitriles is 3. The number of nitrogens with zero attached hydrogens (tertiary/aromatic N) is 4. The number of allylic oxidation sites excluding steroid dienone is 2. The molecular formula is C37H40N4S2. The first-order valence-electron chi connectivity index (χ1n) is 15.6. The van der Waals surface area contributed by atoms with E-state index in [0.29, 0.717) is 4.88 Å². The van der Waals surface area contributed by atoms with Crippen LogP contribution in [0.15, 0.2) is 71.6 Å². The van der Waals surface area contributed by atoms with E-state index in [1.165, 1.54) is 98.8 Å². The van der Waals surface area contributed by atoms with Crippen molar-refractivity contribution in [2.75, 3.05) is 0 Å². The van der Waals surface area contributed by atoms with Crippen molar-refractivity contribution in [3.63, 3.8) is 0 Å². The van der Waals surface area contributed by atoms with Crippen LogP contribution in [0.4, 0.5) is 0 Å². The lowest BCUT2D eigenvalue weighted by Crippen LogP contribution is -1.98. The van der Waals surface area contributed by atoms with Gasteiger partial charge in [0.1, 0.15) is 23.8 Å². The highest BCUT2D eigenvalue weighted by Gasteiger charge is 2.18. The van der Waals surface area contributed by atoms with Crippen LogP contribution < -0.4 is 0 Å². The van der Waals surface area contributed by atoms with Crippen molar-refractivity contribution in [1.82, 2.24) is 4.57 Å². The molecule has 0 bridgehead atoms. The van der Waals surface area contributed by atoms with Crippen molar-refractivity contribution >= 4 is 28.2 Å². The normalized spacial score (nSPS) is 10.7. The third-order valence-corrected chi connectivity index (χ3v) is 9.88. The van der Waals surface area contributed by atoms with Gasteiger partial charge in [-0.2, -0.15) is 15.8 Å². The minimum atomic E-state index is -0.158. The Morgan fingerprint density at radius 2 is 1.26 bits per heavy atom. The molecule has 3 heterocycles. The van der Waals surface area contributed by atoms with Crippen molar-refractivity contribution < 1.29 is 0 Å². The number of unbranched alkanes of at least 4 members (excludes halogenated alkanes) is 11. The van der Waals surface area contributed by atoms with E-state index >= 15 is 0 Å². The predicted octanol–water partition coefficient (Wildman–Crippen LogP) is 11.5. The van der Waals surface area contributed by atoms with Gasteiger partial charge in [-0.15, -0.1) is 22.7 Å². The van der Waals surface area contributed by atoms with Crippen molar-refractivity contribution in [2.24, 2.45) is 0 Å². The summed E-state index contributed by atoms with van der Waals surface area (Å²) in [7, 11) is 0. The van der Waals surface area contributed by atoms with E-state index in [1.54, 1.807) is 11.3 Å². The van der Waals surface area contributed by atoms with E-state index in [1.807, 2.05) is 30.3 Å². The molecule has 4 nitrogen and oxygen atoms in total. The van der Waals surface area contributed by atoms with Crippen LogP contribution in [-0.4, -0.2) is 4.57 Å². The molecule has 0 saturated heterocycles. The van der Waals surface area contributed by atoms with E-state index in [4.69, 9.17) is 0 Å². The molecule has 0 radical (unpaired) electrons. The molecule has 3 aromatic heterocycles. The Kier molecular flexibility index (Phi) is 12.9. The average molecular weight is 605 g/mol. The van der Waals surface area contributed by atoms with Crippen LogP contribution in [0.3, 0.4) is 0 Å². The lowest BCUT2D eigenvalue weighted by Gasteiger charge is -2.13. The third kappa shape index (κ3) is 8.81. The zero-order valence-electron chi connectivity index (χ0n) is 25.1. The summed E-state index contributed by atoms with van der Waals surface area (Å²) in [6.45, 7) is 2.28. The lowest BCUT2D eigenvalue weighted by molar-refractivity contribution is 0.544. The molecule has 6 heteroatoms. The van der Waals surface area contributed by atoms with E-state index in [2.05, 4.69) is 65.4 Å². The predicted molar refractivity (Wildman–Crippen MR) is 181 cm³/mol. The highest BCUT2D eigenvalue weighted by atomic mass is 32.1. The number of hydrogen-bond donors (Lipinski definition) is 0. The molecule has 0 spiro atoms. The van der Waals surface area contributed by atoms with Crippen LogP contribution in [0.1, 0.15) is 94.4 Å². The Bertz CT molecular complexity index is 1570. The van der Waals surface area contributed by atoms with Gasteiger partial charge in [-0.25, -0.2) is 0 Å². The number of aromatic nitrogens is 1. The van der Waals surface area contributed by atoms with Crippen molar-refractivity contribution in [3.8, 4) is 45.0 Å². The first kappa shape index (κ1) is 32.0. The first-order valence-corrected chi connectivity index (χ1v) is 17.3. The van der Waals surface area contributed by atoms with Crippen molar-refractivity contribution in [2.45, 2.75) is 90.4 Å². The third-order valence-electron chi connectivity index (χ3n) is 7.86. The Balaban J connectivity index is 1.40. The van der Waals surface area contributed by atoms with Gasteiger partial charge in [-0.05, 0) is 66.2 Å². The number of thiophene rings is 2. The maximum atomic E-state index is 9.64. The van der Waals surface area contributed by atoms with Crippen LogP contribution in [0.25, 0.3) is 32.4 Å². The molecule has 0 aliphatic heterocycles. The summed E-state index contributed by atoms with van der Waals surface area (Å²) in [4.78, 5) is 2.78. The molecule has 4 aromatic rings. The zero-order chi connectivity index (χ0) is 30.3. The SMILES string of the molecule is CCCCCCCCCCCCCCc1ccc(-n2c(-c3cccs3)ccc2-c2ccc(C(C#N)=C(C#N)C#N)s2)cc1. The molecule has 0 N–H and O–H groups in total. The summed E-state index contributed by atoms with van der Waals surface area (Å²) >= 11 is 3.13. The van der Waals surface area contributed by atoms with Crippen LogP contribution in [-0.2, 0) is 6.42 Å². The number of aryl methyl sites for hydroxylation is 1. The van der Waals surface area contributed by atoms with Gasteiger partial charge in [0.2, 0.25) is 0 Å². The first-order chi connectivity index (χ1) is 21.2. The van der Waals surface area contributed by atoms with Crippen LogP contribution in [0, 0.1) is 34.0 Å². The molecule has 0 atom stereocenters. The number of hydrogen-bond acceptors (Lipinski definition) is 5. The lowest BCUT2D eigenvalue weighted by atomic mass is 10.0. The van der Waals surface area contributed by atoms with Gasteiger partial charge in [-0.3, -0.25) is 0 Å². The highest BCUT2D eigenvalue weighted by Crippen LogP contribution is 2.39. The average Bonchev–Trinajstić information content (AvgIpc) is 3.82. The Hall–Kier alpha value is -3.89. The van der Waals surface area contributed by atoms with E-state index in [-0.39, 0.29) is 11.1 Å². The molecule has 0 saturated carbocycles. The minimum Gasteiger partial charge on any atom is -0.308 e. The largest absolute Gasteiger partial charge is 0.308 e. The van der Waals surface area contributed by atoms with Crippen LogP contribution in [0.5, 0.6) is 0 Å². The second kappa shape index (κ2) is 17.3. The van der Waals surface area contributed by atoms with Gasteiger partial charge >= 0.3 is 0 Å². The van der Waals surface area contributed by atoms with Crippen molar-refractivity contribution in [3.05, 3.63) is 82.1 Å². The van der Waals surface area contributed by atoms with Gasteiger partial charge in [0, 0.05) is 10.6 Å². The molecular weight excluding hydrogens is 565 g/mol. The molecule has 0 aliphatic rings. The topological polar surface area (TPSA) is 76.3 Å². The van der Waals surface area contributed by atoms with Gasteiger partial charge in [-0.1, -0.05) is 95.8 Å². The molecule has 4 rings (SSSR count). The smallest absolute Gasteiger partial charge is 0.148 e. The van der Waals surface area contributed by atoms with Crippen molar-refractivity contribution in [1.29, 1.82) is 15.8 Å². The highest BCUT2D eigenvalue weighted by molar-refractivity contribution is 7.16. The Morgan fingerprint density at radius 1 is 0.651 bits per heavy atom. The molecule has 1 aromatic carbocycles. The zero-order valence-corrected chi connectivity index (χ0v) is 26.8. The molecule has 0 aliphatic carbocycles. The maximum absolute atomic E-state index is 9.64. The van der Waals surface area contributed by atoms with Gasteiger partial charge in [0.25, 0.3) is 0 Å². The Morgan fingerprint density at radius 3 is 1.81 bits per heavy atom. The summed E-state index contributed by atoms with van der Waals surface area (Å²) in [5, 5.41) is 30.3. The fraction of sp³-hybridized carbons (Fsp3) is 0.378. The summed E-state index contributed by atoms with van der Waals surface area (Å²) in [5.41, 5.74) is 4.54. The van der Waals surface area contributed by atoms with Crippen LogP contribution in [0.2, 0.25) is 0 Å². The van der Waals surface area contributed by atoms with E-state index in [9.17, 15) is 15.8 Å². The standard InChI is InChI=1S/C37H40N4S2/c1-2-3-4-5-6-7-8-9-10-11-12-13-15-29-17-19-31(20-18-29)41-33(36-16-14-25-42-36)21-22-34(41)37-24-23-35(43-37)32(28-40)30(26-38)27-39/h14,16-25H,2-13,15H2,1H3. The van der Waals surface area contributed by atoms with Crippen LogP contribution >= 0.6 is 22.7 Å². The quantitative estimate of drug-likeness (QED) is 0.0888. The van der Waals surface area contributed by atoms with Gasteiger partial charge in [0.05, 0.1) is 26.7 Å². The molecule has 0 fully saturated rings. The summed E-state index contributed by atoms with van der Waals surface area (Å²) in [6.07, 6.45) is 17.5. The fourth-order valence-corrected chi connectivity index (χ4v) is 7.25.